The van der Waals surface area contributed by atoms with Gasteiger partial charge in [0.05, 0.1) is 0 Å². The highest BCUT2D eigenvalue weighted by Gasteiger charge is 2.37. The molecule has 2 fully saturated rings. The van der Waals surface area contributed by atoms with Gasteiger partial charge in [0.1, 0.15) is 11.6 Å². The third-order valence-corrected chi connectivity index (χ3v) is 5.39. The highest BCUT2D eigenvalue weighted by atomic mass is 19.1. The predicted octanol–water partition coefficient (Wildman–Crippen LogP) is 3.65. The molecule has 1 saturated carbocycles. The van der Waals surface area contributed by atoms with Gasteiger partial charge in [-0.1, -0.05) is 13.3 Å². The molecule has 1 aliphatic carbocycles. The van der Waals surface area contributed by atoms with Crippen LogP contribution in [0.25, 0.3) is 0 Å². The van der Waals surface area contributed by atoms with Crippen LogP contribution in [-0.2, 0) is 4.79 Å². The number of carbonyl (C=O) groups is 1. The van der Waals surface area contributed by atoms with Gasteiger partial charge in [-0.25, -0.2) is 8.78 Å². The van der Waals surface area contributed by atoms with E-state index >= 15 is 0 Å². The van der Waals surface area contributed by atoms with E-state index in [2.05, 4.69) is 12.2 Å². The molecule has 3 rings (SSSR count). The fraction of sp³-hybridized carbons (Fsp3) is 0.632. The Morgan fingerprint density at radius 1 is 1.33 bits per heavy atom. The summed E-state index contributed by atoms with van der Waals surface area (Å²) in [6, 6.07) is 3.54. The summed E-state index contributed by atoms with van der Waals surface area (Å²) in [5.41, 5.74) is 0.362. The van der Waals surface area contributed by atoms with E-state index in [1.54, 1.807) is 0 Å². The first-order valence-electron chi connectivity index (χ1n) is 8.99. The normalized spacial score (nSPS) is 25.6. The molecule has 0 spiro atoms. The van der Waals surface area contributed by atoms with Crippen LogP contribution in [-0.4, -0.2) is 29.9 Å². The summed E-state index contributed by atoms with van der Waals surface area (Å²) in [7, 11) is 0. The van der Waals surface area contributed by atoms with Crippen molar-refractivity contribution < 1.29 is 13.6 Å². The minimum atomic E-state index is -0.419. The number of piperidine rings is 1. The van der Waals surface area contributed by atoms with Gasteiger partial charge >= 0.3 is 0 Å². The average Bonchev–Trinajstić information content (AvgIpc) is 3.41. The topological polar surface area (TPSA) is 32.3 Å². The van der Waals surface area contributed by atoms with Crippen LogP contribution >= 0.6 is 0 Å². The molecule has 3 nitrogen and oxygen atoms in total. The van der Waals surface area contributed by atoms with Crippen molar-refractivity contribution in [2.45, 2.75) is 51.6 Å². The van der Waals surface area contributed by atoms with Crippen LogP contribution < -0.4 is 5.32 Å². The molecule has 2 aliphatic rings. The Morgan fingerprint density at radius 2 is 2.08 bits per heavy atom. The number of hydrogen-bond acceptors (Lipinski definition) is 2. The van der Waals surface area contributed by atoms with Crippen LogP contribution in [0.2, 0.25) is 0 Å². The summed E-state index contributed by atoms with van der Waals surface area (Å²) in [5.74, 6) is 0.103. The minimum Gasteiger partial charge on any atom is -0.342 e. The van der Waals surface area contributed by atoms with Gasteiger partial charge in [-0.2, -0.15) is 0 Å². The van der Waals surface area contributed by atoms with Crippen LogP contribution in [0.1, 0.15) is 51.1 Å². The van der Waals surface area contributed by atoms with E-state index in [9.17, 15) is 13.6 Å². The Kier molecular flexibility index (Phi) is 5.18. The molecule has 1 heterocycles. The van der Waals surface area contributed by atoms with Gasteiger partial charge in [-0.3, -0.25) is 4.79 Å². The summed E-state index contributed by atoms with van der Waals surface area (Å²) in [6.07, 6.45) is 3.88. The highest BCUT2D eigenvalue weighted by Crippen LogP contribution is 2.33. The lowest BCUT2D eigenvalue weighted by Crippen LogP contribution is -2.51. The van der Waals surface area contributed by atoms with E-state index in [-0.39, 0.29) is 23.8 Å². The molecule has 1 aliphatic heterocycles. The molecule has 0 bridgehead atoms. The second-order valence-corrected chi connectivity index (χ2v) is 7.18. The number of halogens is 2. The van der Waals surface area contributed by atoms with E-state index in [4.69, 9.17) is 0 Å². The van der Waals surface area contributed by atoms with Gasteiger partial charge in [0.25, 0.3) is 0 Å². The second kappa shape index (κ2) is 7.18. The van der Waals surface area contributed by atoms with Gasteiger partial charge in [0.15, 0.2) is 0 Å². The second-order valence-electron chi connectivity index (χ2n) is 7.18. The van der Waals surface area contributed by atoms with Crippen LogP contribution in [0, 0.1) is 23.5 Å². The summed E-state index contributed by atoms with van der Waals surface area (Å²) in [6.45, 7) is 5.51. The first-order chi connectivity index (χ1) is 11.5. The summed E-state index contributed by atoms with van der Waals surface area (Å²) >= 11 is 0. The van der Waals surface area contributed by atoms with Crippen molar-refractivity contribution in [1.82, 2.24) is 10.2 Å². The lowest BCUT2D eigenvalue weighted by atomic mass is 9.88. The number of nitrogens with zero attached hydrogens (tertiary/aromatic N) is 1. The lowest BCUT2D eigenvalue weighted by molar-refractivity contribution is -0.134. The van der Waals surface area contributed by atoms with Crippen LogP contribution in [0.15, 0.2) is 18.2 Å². The number of hydrogen-bond donors (Lipinski definition) is 1. The monoisotopic (exact) mass is 336 g/mol. The van der Waals surface area contributed by atoms with E-state index in [0.29, 0.717) is 17.4 Å². The lowest BCUT2D eigenvalue weighted by Gasteiger charge is -2.40. The zero-order valence-electron chi connectivity index (χ0n) is 14.4. The van der Waals surface area contributed by atoms with Crippen molar-refractivity contribution in [2.24, 2.45) is 11.8 Å². The molecule has 1 saturated heterocycles. The third kappa shape index (κ3) is 3.77. The molecule has 24 heavy (non-hydrogen) atoms. The first-order valence-corrected chi connectivity index (χ1v) is 8.99. The third-order valence-electron chi connectivity index (χ3n) is 5.39. The number of rotatable bonds is 5. The Labute approximate surface area is 142 Å². The van der Waals surface area contributed by atoms with Crippen molar-refractivity contribution in [3.63, 3.8) is 0 Å². The van der Waals surface area contributed by atoms with Gasteiger partial charge in [-0.15, -0.1) is 0 Å². The molecule has 3 unspecified atom stereocenters. The smallest absolute Gasteiger partial charge is 0.225 e. The number of likely N-dealkylation sites (tertiary alicyclic amines) is 1. The van der Waals surface area contributed by atoms with Crippen LogP contribution in [0.3, 0.4) is 0 Å². The number of benzene rings is 1. The Morgan fingerprint density at radius 3 is 2.75 bits per heavy atom. The zero-order chi connectivity index (χ0) is 17.3. The van der Waals surface area contributed by atoms with Gasteiger partial charge < -0.3 is 10.2 Å². The van der Waals surface area contributed by atoms with Crippen molar-refractivity contribution in [3.05, 3.63) is 35.4 Å². The van der Waals surface area contributed by atoms with Crippen molar-refractivity contribution in [1.29, 1.82) is 0 Å². The maximum atomic E-state index is 14.0. The van der Waals surface area contributed by atoms with Crippen LogP contribution in [0.4, 0.5) is 8.78 Å². The van der Waals surface area contributed by atoms with Crippen molar-refractivity contribution in [2.75, 3.05) is 13.1 Å². The standard InChI is InChI=1S/C19H26F2N2O/c1-3-13-11-23(19(24)14-4-5-14)9-8-18(13)22-12(2)16-10-15(20)6-7-17(16)21/h6-7,10,12-14,18,22H,3-5,8-9,11H2,1-2H3. The summed E-state index contributed by atoms with van der Waals surface area (Å²) in [4.78, 5) is 14.3. The quantitative estimate of drug-likeness (QED) is 0.890. The fourth-order valence-electron chi connectivity index (χ4n) is 3.71. The average molecular weight is 336 g/mol. The zero-order valence-corrected chi connectivity index (χ0v) is 14.4. The van der Waals surface area contributed by atoms with E-state index in [0.717, 1.165) is 44.8 Å². The molecule has 0 radical (unpaired) electrons. The Balaban J connectivity index is 1.63. The number of nitrogens with one attached hydrogen (secondary N) is 1. The number of carbonyl (C=O) groups excluding carboxylic acids is 1. The molecule has 1 N–H and O–H groups in total. The predicted molar refractivity (Wildman–Crippen MR) is 89.4 cm³/mol. The molecule has 132 valence electrons. The molecule has 1 amide bonds. The molecule has 0 aromatic heterocycles. The fourth-order valence-corrected chi connectivity index (χ4v) is 3.71. The molecular formula is C19H26F2N2O. The SMILES string of the molecule is CCC1CN(C(=O)C2CC2)CCC1NC(C)c1cc(F)ccc1F. The Hall–Kier alpha value is -1.49. The van der Waals surface area contributed by atoms with Crippen LogP contribution in [0.5, 0.6) is 0 Å². The first kappa shape index (κ1) is 17.3. The summed E-state index contributed by atoms with van der Waals surface area (Å²) in [5, 5.41) is 3.46. The molecule has 1 aromatic carbocycles. The maximum absolute atomic E-state index is 14.0. The van der Waals surface area contributed by atoms with E-state index in [1.165, 1.54) is 12.1 Å². The Bertz CT molecular complexity index is 603. The van der Waals surface area contributed by atoms with Crippen molar-refractivity contribution >= 4 is 5.91 Å². The maximum Gasteiger partial charge on any atom is 0.225 e. The molecule has 3 atom stereocenters. The van der Waals surface area contributed by atoms with Gasteiger partial charge in [0.2, 0.25) is 5.91 Å². The van der Waals surface area contributed by atoms with E-state index < -0.39 is 5.82 Å². The van der Waals surface area contributed by atoms with Gasteiger partial charge in [-0.05, 0) is 50.3 Å². The summed E-state index contributed by atoms with van der Waals surface area (Å²) < 4.78 is 27.4. The molecular weight excluding hydrogens is 310 g/mol. The molecule has 1 aromatic rings. The molecule has 5 heteroatoms. The largest absolute Gasteiger partial charge is 0.342 e. The number of amides is 1. The minimum absolute atomic E-state index is 0.218. The highest BCUT2D eigenvalue weighted by molar-refractivity contribution is 5.81. The van der Waals surface area contributed by atoms with E-state index in [1.807, 2.05) is 11.8 Å². The van der Waals surface area contributed by atoms with Gasteiger partial charge in [0, 0.05) is 36.7 Å². The van der Waals surface area contributed by atoms with Crippen molar-refractivity contribution in [3.8, 4) is 0 Å².